The number of alkyl halides is 1. The van der Waals surface area contributed by atoms with Gasteiger partial charge in [-0.15, -0.1) is 33.1 Å². The molecule has 0 fully saturated rings. The van der Waals surface area contributed by atoms with E-state index >= 15 is 0 Å². The highest BCUT2D eigenvalue weighted by Crippen LogP contribution is 2.14. The zero-order valence-corrected chi connectivity index (χ0v) is 8.95. The van der Waals surface area contributed by atoms with Gasteiger partial charge in [0.05, 0.1) is 0 Å². The van der Waals surface area contributed by atoms with Gasteiger partial charge in [-0.25, -0.2) is 0 Å². The van der Waals surface area contributed by atoms with E-state index in [0.717, 1.165) is 22.9 Å². The Bertz CT molecular complexity index is 235. The van der Waals surface area contributed by atoms with E-state index in [2.05, 4.69) is 24.0 Å². The zero-order chi connectivity index (χ0) is 8.97. The van der Waals surface area contributed by atoms with E-state index in [4.69, 9.17) is 11.6 Å². The maximum Gasteiger partial charge on any atom is 0.118 e. The summed E-state index contributed by atoms with van der Waals surface area (Å²) in [4.78, 5) is 0. The summed E-state index contributed by atoms with van der Waals surface area (Å²) < 4.78 is 0. The van der Waals surface area contributed by atoms with Gasteiger partial charge in [0.2, 0.25) is 0 Å². The van der Waals surface area contributed by atoms with Crippen molar-refractivity contribution in [1.82, 2.24) is 10.2 Å². The van der Waals surface area contributed by atoms with E-state index < -0.39 is 0 Å². The van der Waals surface area contributed by atoms with Gasteiger partial charge in [0.25, 0.3) is 0 Å². The summed E-state index contributed by atoms with van der Waals surface area (Å²) in [6.45, 7) is 4.37. The lowest BCUT2D eigenvalue weighted by Crippen LogP contribution is -1.92. The smallest absolute Gasteiger partial charge is 0.118 e. The summed E-state index contributed by atoms with van der Waals surface area (Å²) in [5.74, 6) is 1.29. The van der Waals surface area contributed by atoms with E-state index in [-0.39, 0.29) is 0 Å². The van der Waals surface area contributed by atoms with Crippen LogP contribution >= 0.6 is 22.9 Å². The maximum atomic E-state index is 5.59. The summed E-state index contributed by atoms with van der Waals surface area (Å²) in [5, 5.41) is 10.3. The molecule has 0 saturated heterocycles. The molecule has 12 heavy (non-hydrogen) atoms. The number of aromatic nitrogens is 2. The Kier molecular flexibility index (Phi) is 3.95. The van der Waals surface area contributed by atoms with Gasteiger partial charge in [0.15, 0.2) is 0 Å². The Morgan fingerprint density at radius 1 is 1.33 bits per heavy atom. The minimum atomic E-state index is 0.635. The van der Waals surface area contributed by atoms with Crippen molar-refractivity contribution >= 4 is 22.9 Å². The molecule has 0 radical (unpaired) electrons. The topological polar surface area (TPSA) is 25.8 Å². The van der Waals surface area contributed by atoms with E-state index in [9.17, 15) is 0 Å². The standard InChI is InChI=1S/C8H13ClN2S/c1-6(2)5-8-11-10-7(12-8)3-4-9/h6H,3-5H2,1-2H3. The van der Waals surface area contributed by atoms with Gasteiger partial charge < -0.3 is 0 Å². The van der Waals surface area contributed by atoms with Crippen molar-refractivity contribution in [1.29, 1.82) is 0 Å². The Morgan fingerprint density at radius 2 is 2.00 bits per heavy atom. The van der Waals surface area contributed by atoms with Crippen LogP contribution in [-0.4, -0.2) is 16.1 Å². The molecular formula is C8H13ClN2S. The van der Waals surface area contributed by atoms with Gasteiger partial charge in [-0.05, 0) is 5.92 Å². The molecule has 0 atom stereocenters. The number of hydrogen-bond donors (Lipinski definition) is 0. The molecule has 0 N–H and O–H groups in total. The van der Waals surface area contributed by atoms with Crippen LogP contribution in [0.15, 0.2) is 0 Å². The third kappa shape index (κ3) is 3.07. The zero-order valence-electron chi connectivity index (χ0n) is 7.38. The van der Waals surface area contributed by atoms with Crippen molar-refractivity contribution in [3.05, 3.63) is 10.0 Å². The summed E-state index contributed by atoms with van der Waals surface area (Å²) in [5.41, 5.74) is 0. The average molecular weight is 205 g/mol. The lowest BCUT2D eigenvalue weighted by molar-refractivity contribution is 0.639. The molecule has 0 spiro atoms. The molecule has 1 rings (SSSR count). The summed E-state index contributed by atoms with van der Waals surface area (Å²) in [6, 6.07) is 0. The molecule has 0 unspecified atom stereocenters. The largest absolute Gasteiger partial charge is 0.144 e. The minimum absolute atomic E-state index is 0.635. The molecule has 2 nitrogen and oxygen atoms in total. The van der Waals surface area contributed by atoms with Crippen molar-refractivity contribution in [3.8, 4) is 0 Å². The van der Waals surface area contributed by atoms with Crippen molar-refractivity contribution in [3.63, 3.8) is 0 Å². The highest BCUT2D eigenvalue weighted by molar-refractivity contribution is 7.11. The second-order valence-corrected chi connectivity index (χ2v) is 4.65. The highest BCUT2D eigenvalue weighted by atomic mass is 35.5. The number of halogens is 1. The molecule has 4 heteroatoms. The minimum Gasteiger partial charge on any atom is -0.144 e. The third-order valence-corrected chi connectivity index (χ3v) is 2.59. The average Bonchev–Trinajstić information content (AvgIpc) is 2.36. The molecule has 1 aromatic rings. The predicted molar refractivity (Wildman–Crippen MR) is 52.9 cm³/mol. The van der Waals surface area contributed by atoms with Gasteiger partial charge >= 0.3 is 0 Å². The lowest BCUT2D eigenvalue weighted by Gasteiger charge is -1.96. The first kappa shape index (κ1) is 9.93. The summed E-state index contributed by atoms with van der Waals surface area (Å²) in [7, 11) is 0. The van der Waals surface area contributed by atoms with Crippen LogP contribution in [0, 0.1) is 5.92 Å². The third-order valence-electron chi connectivity index (χ3n) is 1.40. The number of aryl methyl sites for hydroxylation is 1. The molecule has 0 aliphatic carbocycles. The van der Waals surface area contributed by atoms with Crippen molar-refractivity contribution in [2.45, 2.75) is 26.7 Å². The molecule has 0 aliphatic heterocycles. The van der Waals surface area contributed by atoms with Crippen LogP contribution < -0.4 is 0 Å². The van der Waals surface area contributed by atoms with E-state index in [1.807, 2.05) is 0 Å². The first-order valence-corrected chi connectivity index (χ1v) is 5.44. The highest BCUT2D eigenvalue weighted by Gasteiger charge is 2.04. The molecule has 68 valence electrons. The van der Waals surface area contributed by atoms with Gasteiger partial charge in [-0.3, -0.25) is 0 Å². The monoisotopic (exact) mass is 204 g/mol. The fourth-order valence-electron chi connectivity index (χ4n) is 0.902. The Morgan fingerprint density at radius 3 is 2.58 bits per heavy atom. The molecule has 0 amide bonds. The van der Waals surface area contributed by atoms with Gasteiger partial charge in [0, 0.05) is 18.7 Å². The molecular weight excluding hydrogens is 192 g/mol. The van der Waals surface area contributed by atoms with Crippen LogP contribution in [0.3, 0.4) is 0 Å². The molecule has 0 saturated carbocycles. The SMILES string of the molecule is CC(C)Cc1nnc(CCCl)s1. The first-order valence-electron chi connectivity index (χ1n) is 4.09. The number of nitrogens with zero attached hydrogens (tertiary/aromatic N) is 2. The summed E-state index contributed by atoms with van der Waals surface area (Å²) in [6.07, 6.45) is 1.87. The number of hydrogen-bond acceptors (Lipinski definition) is 3. The van der Waals surface area contributed by atoms with Crippen LogP contribution in [0.1, 0.15) is 23.9 Å². The summed E-state index contributed by atoms with van der Waals surface area (Å²) >= 11 is 7.27. The van der Waals surface area contributed by atoms with Gasteiger partial charge in [-0.1, -0.05) is 13.8 Å². The fraction of sp³-hybridized carbons (Fsp3) is 0.750. The second kappa shape index (κ2) is 4.77. The van der Waals surface area contributed by atoms with Crippen molar-refractivity contribution in [2.75, 3.05) is 5.88 Å². The quantitative estimate of drug-likeness (QED) is 0.705. The van der Waals surface area contributed by atoms with Crippen molar-refractivity contribution < 1.29 is 0 Å². The van der Waals surface area contributed by atoms with E-state index in [0.29, 0.717) is 11.8 Å². The molecule has 1 heterocycles. The molecule has 0 aliphatic rings. The van der Waals surface area contributed by atoms with Crippen molar-refractivity contribution in [2.24, 2.45) is 5.92 Å². The Labute approximate surface area is 82.0 Å². The van der Waals surface area contributed by atoms with E-state index in [1.54, 1.807) is 11.3 Å². The van der Waals surface area contributed by atoms with Crippen LogP contribution in [0.2, 0.25) is 0 Å². The Hall–Kier alpha value is -0.150. The molecule has 0 aromatic carbocycles. The van der Waals surface area contributed by atoms with Crippen LogP contribution in [0.25, 0.3) is 0 Å². The van der Waals surface area contributed by atoms with Crippen LogP contribution in [0.5, 0.6) is 0 Å². The Balaban J connectivity index is 2.52. The first-order chi connectivity index (χ1) is 5.72. The maximum absolute atomic E-state index is 5.59. The van der Waals surface area contributed by atoms with Crippen LogP contribution in [0.4, 0.5) is 0 Å². The fourth-order valence-corrected chi connectivity index (χ4v) is 2.25. The van der Waals surface area contributed by atoms with E-state index in [1.165, 1.54) is 0 Å². The molecule has 0 bridgehead atoms. The molecule has 1 aromatic heterocycles. The van der Waals surface area contributed by atoms with Gasteiger partial charge in [-0.2, -0.15) is 0 Å². The lowest BCUT2D eigenvalue weighted by atomic mass is 10.1. The number of rotatable bonds is 4. The second-order valence-electron chi connectivity index (χ2n) is 3.13. The normalized spacial score (nSPS) is 11.0. The van der Waals surface area contributed by atoms with Gasteiger partial charge in [0.1, 0.15) is 10.0 Å². The predicted octanol–water partition coefficient (Wildman–Crippen LogP) is 2.52. The van der Waals surface area contributed by atoms with Crippen LogP contribution in [-0.2, 0) is 12.8 Å².